The molecule has 0 saturated carbocycles. The predicted molar refractivity (Wildman–Crippen MR) is 90.7 cm³/mol. The van der Waals surface area contributed by atoms with E-state index in [0.29, 0.717) is 0 Å². The van der Waals surface area contributed by atoms with E-state index in [0.717, 1.165) is 25.3 Å². The largest absolute Gasteiger partial charge is 0.290 e. The Hall–Kier alpha value is -2.53. The van der Waals surface area contributed by atoms with Crippen LogP contribution in [0.3, 0.4) is 0 Å². The van der Waals surface area contributed by atoms with Gasteiger partial charge in [-0.2, -0.15) is 5.10 Å². The molecule has 1 atom stereocenters. The summed E-state index contributed by atoms with van der Waals surface area (Å²) in [5, 5.41) is 9.40. The first-order valence-corrected chi connectivity index (χ1v) is 7.94. The van der Waals surface area contributed by atoms with Gasteiger partial charge in [-0.25, -0.2) is 4.98 Å². The van der Waals surface area contributed by atoms with Gasteiger partial charge < -0.3 is 0 Å². The SMILES string of the molecule is CC(c1ncn[nH]1)N1CC=C(c2cncc3ccccc23)CC1. The van der Waals surface area contributed by atoms with E-state index in [1.807, 2.05) is 12.4 Å². The molecule has 116 valence electrons. The van der Waals surface area contributed by atoms with Crippen LogP contribution in [0.1, 0.15) is 30.8 Å². The van der Waals surface area contributed by atoms with Gasteiger partial charge in [0.15, 0.2) is 0 Å². The Morgan fingerprint density at radius 2 is 2.13 bits per heavy atom. The Labute approximate surface area is 135 Å². The molecule has 0 aliphatic carbocycles. The van der Waals surface area contributed by atoms with Crippen molar-refractivity contribution in [2.45, 2.75) is 19.4 Å². The van der Waals surface area contributed by atoms with Gasteiger partial charge in [-0.3, -0.25) is 15.0 Å². The molecule has 2 aromatic heterocycles. The van der Waals surface area contributed by atoms with Crippen LogP contribution in [0, 0.1) is 0 Å². The van der Waals surface area contributed by atoms with Crippen molar-refractivity contribution in [1.82, 2.24) is 25.1 Å². The van der Waals surface area contributed by atoms with Crippen LogP contribution in [-0.4, -0.2) is 38.2 Å². The number of nitrogens with zero attached hydrogens (tertiary/aromatic N) is 4. The van der Waals surface area contributed by atoms with Gasteiger partial charge in [0.05, 0.1) is 6.04 Å². The number of benzene rings is 1. The van der Waals surface area contributed by atoms with Crippen molar-refractivity contribution in [2.24, 2.45) is 0 Å². The molecule has 0 spiro atoms. The Bertz CT molecular complexity index is 832. The summed E-state index contributed by atoms with van der Waals surface area (Å²) in [5.41, 5.74) is 2.64. The third-order valence-corrected chi connectivity index (χ3v) is 4.63. The molecule has 0 radical (unpaired) electrons. The first kappa shape index (κ1) is 14.1. The molecular formula is C18H19N5. The molecule has 1 aromatic carbocycles. The second-order valence-electron chi connectivity index (χ2n) is 5.93. The van der Waals surface area contributed by atoms with E-state index >= 15 is 0 Å². The summed E-state index contributed by atoms with van der Waals surface area (Å²) in [4.78, 5) is 11.1. The smallest absolute Gasteiger partial charge is 0.141 e. The zero-order chi connectivity index (χ0) is 15.6. The summed E-state index contributed by atoms with van der Waals surface area (Å²) >= 11 is 0. The third-order valence-electron chi connectivity index (χ3n) is 4.63. The monoisotopic (exact) mass is 305 g/mol. The van der Waals surface area contributed by atoms with Gasteiger partial charge in [-0.05, 0) is 24.3 Å². The normalized spacial score (nSPS) is 17.2. The minimum Gasteiger partial charge on any atom is -0.290 e. The maximum absolute atomic E-state index is 4.41. The van der Waals surface area contributed by atoms with E-state index < -0.39 is 0 Å². The first-order valence-electron chi connectivity index (χ1n) is 7.94. The fourth-order valence-corrected chi connectivity index (χ4v) is 3.24. The van der Waals surface area contributed by atoms with Gasteiger partial charge in [-0.1, -0.05) is 30.3 Å². The quantitative estimate of drug-likeness (QED) is 0.807. The predicted octanol–water partition coefficient (Wildman–Crippen LogP) is 3.20. The van der Waals surface area contributed by atoms with Crippen molar-refractivity contribution in [2.75, 3.05) is 13.1 Å². The summed E-state index contributed by atoms with van der Waals surface area (Å²) in [7, 11) is 0. The minimum atomic E-state index is 0.251. The highest BCUT2D eigenvalue weighted by Gasteiger charge is 2.21. The summed E-state index contributed by atoms with van der Waals surface area (Å²) in [5.74, 6) is 0.925. The first-order chi connectivity index (χ1) is 11.3. The standard InChI is InChI=1S/C18H19N5/c1-13(18-20-12-21-22-18)23-8-6-14(7-9-23)17-11-19-10-15-4-2-3-5-16(15)17/h2-6,10-13H,7-9H2,1H3,(H,20,21,22). The lowest BCUT2D eigenvalue weighted by atomic mass is 9.96. The lowest BCUT2D eigenvalue weighted by molar-refractivity contribution is 0.225. The average molecular weight is 305 g/mol. The van der Waals surface area contributed by atoms with E-state index in [-0.39, 0.29) is 6.04 Å². The molecule has 4 rings (SSSR count). The number of aromatic amines is 1. The molecule has 1 unspecified atom stereocenters. The average Bonchev–Trinajstić information content (AvgIpc) is 3.15. The molecule has 3 heterocycles. The number of fused-ring (bicyclic) bond motifs is 1. The minimum absolute atomic E-state index is 0.251. The van der Waals surface area contributed by atoms with E-state index in [2.05, 4.69) is 62.3 Å². The molecule has 5 nitrogen and oxygen atoms in total. The fourth-order valence-electron chi connectivity index (χ4n) is 3.24. The van der Waals surface area contributed by atoms with Crippen LogP contribution in [-0.2, 0) is 0 Å². The van der Waals surface area contributed by atoms with Crippen molar-refractivity contribution < 1.29 is 0 Å². The topological polar surface area (TPSA) is 57.7 Å². The second kappa shape index (κ2) is 5.93. The van der Waals surface area contributed by atoms with Crippen molar-refractivity contribution in [3.05, 3.63) is 60.5 Å². The Balaban J connectivity index is 1.60. The molecule has 23 heavy (non-hydrogen) atoms. The molecule has 0 fully saturated rings. The van der Waals surface area contributed by atoms with Crippen LogP contribution in [0.4, 0.5) is 0 Å². The summed E-state index contributed by atoms with van der Waals surface area (Å²) < 4.78 is 0. The van der Waals surface area contributed by atoms with Crippen LogP contribution in [0.15, 0.2) is 49.1 Å². The van der Waals surface area contributed by atoms with Crippen LogP contribution in [0.25, 0.3) is 16.3 Å². The summed E-state index contributed by atoms with van der Waals surface area (Å²) in [6.07, 6.45) is 8.83. The maximum Gasteiger partial charge on any atom is 0.141 e. The molecule has 1 aliphatic heterocycles. The van der Waals surface area contributed by atoms with Crippen molar-refractivity contribution in [3.63, 3.8) is 0 Å². The van der Waals surface area contributed by atoms with E-state index in [4.69, 9.17) is 0 Å². The highest BCUT2D eigenvalue weighted by atomic mass is 15.2. The number of pyridine rings is 1. The van der Waals surface area contributed by atoms with Crippen LogP contribution in [0.2, 0.25) is 0 Å². The fraction of sp³-hybridized carbons (Fsp3) is 0.278. The number of H-pyrrole nitrogens is 1. The Morgan fingerprint density at radius 1 is 1.22 bits per heavy atom. The van der Waals surface area contributed by atoms with Crippen molar-refractivity contribution >= 4 is 16.3 Å². The van der Waals surface area contributed by atoms with E-state index in [1.54, 1.807) is 6.33 Å². The number of rotatable bonds is 3. The number of hydrogen-bond donors (Lipinski definition) is 1. The van der Waals surface area contributed by atoms with Gasteiger partial charge >= 0.3 is 0 Å². The number of aromatic nitrogens is 4. The number of nitrogens with one attached hydrogen (secondary N) is 1. The van der Waals surface area contributed by atoms with Gasteiger partial charge in [0, 0.05) is 36.4 Å². The Kier molecular flexibility index (Phi) is 3.63. The van der Waals surface area contributed by atoms with Gasteiger partial charge in [0.2, 0.25) is 0 Å². The van der Waals surface area contributed by atoms with Gasteiger partial charge in [0.25, 0.3) is 0 Å². The molecule has 1 aliphatic rings. The van der Waals surface area contributed by atoms with E-state index in [1.165, 1.54) is 21.9 Å². The third kappa shape index (κ3) is 2.64. The summed E-state index contributed by atoms with van der Waals surface area (Å²) in [6, 6.07) is 8.70. The zero-order valence-electron chi connectivity index (χ0n) is 13.1. The maximum atomic E-state index is 4.41. The molecule has 0 bridgehead atoms. The number of hydrogen-bond acceptors (Lipinski definition) is 4. The molecule has 0 saturated heterocycles. The van der Waals surface area contributed by atoms with Crippen LogP contribution in [0.5, 0.6) is 0 Å². The Morgan fingerprint density at radius 3 is 2.91 bits per heavy atom. The lowest BCUT2D eigenvalue weighted by Crippen LogP contribution is -2.31. The molecular weight excluding hydrogens is 286 g/mol. The second-order valence-corrected chi connectivity index (χ2v) is 5.93. The van der Waals surface area contributed by atoms with Crippen molar-refractivity contribution in [1.29, 1.82) is 0 Å². The molecule has 1 N–H and O–H groups in total. The van der Waals surface area contributed by atoms with Gasteiger partial charge in [-0.15, -0.1) is 0 Å². The summed E-state index contributed by atoms with van der Waals surface area (Å²) in [6.45, 7) is 4.09. The molecule has 3 aromatic rings. The van der Waals surface area contributed by atoms with E-state index in [9.17, 15) is 0 Å². The van der Waals surface area contributed by atoms with Crippen LogP contribution < -0.4 is 0 Å². The highest BCUT2D eigenvalue weighted by Crippen LogP contribution is 2.30. The van der Waals surface area contributed by atoms with Gasteiger partial charge in [0.1, 0.15) is 12.2 Å². The van der Waals surface area contributed by atoms with Crippen LogP contribution >= 0.6 is 0 Å². The van der Waals surface area contributed by atoms with Crippen molar-refractivity contribution in [3.8, 4) is 0 Å². The zero-order valence-corrected chi connectivity index (χ0v) is 13.1. The highest BCUT2D eigenvalue weighted by molar-refractivity contribution is 5.93. The molecule has 5 heteroatoms. The lowest BCUT2D eigenvalue weighted by Gasteiger charge is -2.30. The molecule has 0 amide bonds.